The quantitative estimate of drug-likeness (QED) is 0.869. The summed E-state index contributed by atoms with van der Waals surface area (Å²) in [6.45, 7) is 3.26. The summed E-state index contributed by atoms with van der Waals surface area (Å²) in [6, 6.07) is 7.45. The van der Waals surface area contributed by atoms with Crippen molar-refractivity contribution >= 4 is 11.6 Å². The molecule has 0 saturated heterocycles. The maximum absolute atomic E-state index is 12.2. The van der Waals surface area contributed by atoms with Gasteiger partial charge in [-0.05, 0) is 55.9 Å². The molecule has 1 aliphatic carbocycles. The Bertz CT molecular complexity index is 423. The lowest BCUT2D eigenvalue weighted by Gasteiger charge is -2.25. The molecule has 0 spiro atoms. The largest absolute Gasteiger partial charge is 0.492 e. The van der Waals surface area contributed by atoms with Crippen LogP contribution in [-0.4, -0.2) is 19.1 Å². The Morgan fingerprint density at radius 3 is 2.50 bits per heavy atom. The van der Waals surface area contributed by atoms with Gasteiger partial charge in [-0.25, -0.2) is 0 Å². The van der Waals surface area contributed by atoms with Gasteiger partial charge in [-0.3, -0.25) is 4.79 Å². The fraction of sp³-hybridized carbons (Fsp3) is 0.562. The number of anilines is 1. The zero-order chi connectivity index (χ0) is 14.4. The Hall–Kier alpha value is -1.55. The fourth-order valence-corrected chi connectivity index (χ4v) is 2.58. The van der Waals surface area contributed by atoms with E-state index in [1.165, 1.54) is 0 Å². The fourth-order valence-electron chi connectivity index (χ4n) is 2.58. The van der Waals surface area contributed by atoms with Crippen molar-refractivity contribution in [2.45, 2.75) is 32.6 Å². The van der Waals surface area contributed by atoms with Gasteiger partial charge in [-0.2, -0.15) is 0 Å². The van der Waals surface area contributed by atoms with Crippen molar-refractivity contribution in [3.05, 3.63) is 24.3 Å². The van der Waals surface area contributed by atoms with E-state index in [9.17, 15) is 4.79 Å². The van der Waals surface area contributed by atoms with Gasteiger partial charge >= 0.3 is 0 Å². The van der Waals surface area contributed by atoms with Crippen LogP contribution in [0.3, 0.4) is 0 Å². The molecule has 0 unspecified atom stereocenters. The van der Waals surface area contributed by atoms with Crippen LogP contribution in [0.4, 0.5) is 5.69 Å². The first kappa shape index (κ1) is 14.9. The van der Waals surface area contributed by atoms with E-state index < -0.39 is 0 Å². The number of nitrogens with two attached hydrogens (primary N) is 1. The zero-order valence-corrected chi connectivity index (χ0v) is 12.1. The van der Waals surface area contributed by atoms with Crippen LogP contribution < -0.4 is 15.8 Å². The molecule has 1 aliphatic rings. The Morgan fingerprint density at radius 2 is 1.90 bits per heavy atom. The summed E-state index contributed by atoms with van der Waals surface area (Å²) < 4.78 is 5.41. The molecule has 0 aromatic heterocycles. The predicted molar refractivity (Wildman–Crippen MR) is 80.7 cm³/mol. The van der Waals surface area contributed by atoms with Gasteiger partial charge in [0.05, 0.1) is 0 Å². The van der Waals surface area contributed by atoms with Crippen LogP contribution in [-0.2, 0) is 4.79 Å². The summed E-state index contributed by atoms with van der Waals surface area (Å²) in [7, 11) is 0. The molecule has 0 heterocycles. The predicted octanol–water partition coefficient (Wildman–Crippen LogP) is 2.79. The van der Waals surface area contributed by atoms with Crippen LogP contribution in [0, 0.1) is 11.8 Å². The maximum atomic E-state index is 12.2. The lowest BCUT2D eigenvalue weighted by atomic mass is 9.82. The molecule has 1 saturated carbocycles. The molecule has 1 aromatic carbocycles. The molecule has 1 fully saturated rings. The highest BCUT2D eigenvalue weighted by Gasteiger charge is 2.24. The van der Waals surface area contributed by atoms with Gasteiger partial charge in [0.2, 0.25) is 5.91 Å². The first-order valence-corrected chi connectivity index (χ1v) is 7.43. The molecule has 2 rings (SSSR count). The van der Waals surface area contributed by atoms with E-state index in [-0.39, 0.29) is 11.8 Å². The third-order valence-corrected chi connectivity index (χ3v) is 3.90. The number of nitrogens with one attached hydrogen (secondary N) is 1. The van der Waals surface area contributed by atoms with Gasteiger partial charge in [0, 0.05) is 18.2 Å². The molecular formula is C16H24N2O2. The van der Waals surface area contributed by atoms with Crippen molar-refractivity contribution < 1.29 is 9.53 Å². The Balaban J connectivity index is 1.84. The molecule has 3 N–H and O–H groups in total. The molecule has 1 aromatic rings. The second kappa shape index (κ2) is 7.29. The SMILES string of the molecule is CC1CCC(C(=O)Nc2ccc(OCCN)cc2)CC1. The minimum Gasteiger partial charge on any atom is -0.492 e. The summed E-state index contributed by atoms with van der Waals surface area (Å²) in [5.74, 6) is 1.85. The molecule has 0 radical (unpaired) electrons. The van der Waals surface area contributed by atoms with Crippen molar-refractivity contribution in [3.8, 4) is 5.75 Å². The lowest BCUT2D eigenvalue weighted by molar-refractivity contribution is -0.121. The smallest absolute Gasteiger partial charge is 0.227 e. The van der Waals surface area contributed by atoms with Crippen LogP contribution in [0.5, 0.6) is 5.75 Å². The normalized spacial score (nSPS) is 22.3. The highest BCUT2D eigenvalue weighted by Crippen LogP contribution is 2.29. The minimum absolute atomic E-state index is 0.146. The third-order valence-electron chi connectivity index (χ3n) is 3.90. The molecular weight excluding hydrogens is 252 g/mol. The van der Waals surface area contributed by atoms with Gasteiger partial charge in [0.15, 0.2) is 0 Å². The highest BCUT2D eigenvalue weighted by molar-refractivity contribution is 5.92. The van der Waals surface area contributed by atoms with Gasteiger partial charge < -0.3 is 15.8 Å². The molecule has 20 heavy (non-hydrogen) atoms. The van der Waals surface area contributed by atoms with Crippen molar-refractivity contribution in [2.75, 3.05) is 18.5 Å². The van der Waals surface area contributed by atoms with Crippen molar-refractivity contribution in [3.63, 3.8) is 0 Å². The van der Waals surface area contributed by atoms with E-state index >= 15 is 0 Å². The van der Waals surface area contributed by atoms with Crippen LogP contribution >= 0.6 is 0 Å². The van der Waals surface area contributed by atoms with Crippen molar-refractivity contribution in [2.24, 2.45) is 17.6 Å². The molecule has 4 heteroatoms. The minimum atomic E-state index is 0.146. The van der Waals surface area contributed by atoms with E-state index in [0.29, 0.717) is 13.2 Å². The van der Waals surface area contributed by atoms with E-state index in [2.05, 4.69) is 12.2 Å². The number of hydrogen-bond donors (Lipinski definition) is 2. The molecule has 110 valence electrons. The average Bonchev–Trinajstić information content (AvgIpc) is 2.47. The number of amides is 1. The number of benzene rings is 1. The summed E-state index contributed by atoms with van der Waals surface area (Å²) in [5.41, 5.74) is 6.21. The van der Waals surface area contributed by atoms with Crippen LogP contribution in [0.15, 0.2) is 24.3 Å². The van der Waals surface area contributed by atoms with E-state index in [4.69, 9.17) is 10.5 Å². The van der Waals surface area contributed by atoms with E-state index in [0.717, 1.165) is 43.0 Å². The van der Waals surface area contributed by atoms with E-state index in [1.807, 2.05) is 24.3 Å². The van der Waals surface area contributed by atoms with Gasteiger partial charge in [-0.15, -0.1) is 0 Å². The molecule has 4 nitrogen and oxygen atoms in total. The summed E-state index contributed by atoms with van der Waals surface area (Å²) in [5, 5.41) is 2.99. The standard InChI is InChI=1S/C16H24N2O2/c1-12-2-4-13(5-3-12)16(19)18-14-6-8-15(9-7-14)20-11-10-17/h6-9,12-13H,2-5,10-11,17H2,1H3,(H,18,19). The van der Waals surface area contributed by atoms with Crippen LogP contribution in [0.25, 0.3) is 0 Å². The number of rotatable bonds is 5. The second-order valence-electron chi connectivity index (χ2n) is 5.61. The number of carbonyl (C=O) groups excluding carboxylic acids is 1. The van der Waals surface area contributed by atoms with Crippen molar-refractivity contribution in [1.29, 1.82) is 0 Å². The first-order valence-electron chi connectivity index (χ1n) is 7.43. The van der Waals surface area contributed by atoms with E-state index in [1.54, 1.807) is 0 Å². The summed E-state index contributed by atoms with van der Waals surface area (Å²) in [4.78, 5) is 12.2. The number of carbonyl (C=O) groups is 1. The van der Waals surface area contributed by atoms with Gasteiger partial charge in [0.1, 0.15) is 12.4 Å². The summed E-state index contributed by atoms with van der Waals surface area (Å²) in [6.07, 6.45) is 4.32. The first-order chi connectivity index (χ1) is 9.69. The van der Waals surface area contributed by atoms with Gasteiger partial charge in [-0.1, -0.05) is 6.92 Å². The Kier molecular flexibility index (Phi) is 5.41. The number of hydrogen-bond acceptors (Lipinski definition) is 3. The Morgan fingerprint density at radius 1 is 1.25 bits per heavy atom. The van der Waals surface area contributed by atoms with Crippen LogP contribution in [0.1, 0.15) is 32.6 Å². The summed E-state index contributed by atoms with van der Waals surface area (Å²) >= 11 is 0. The number of ether oxygens (including phenoxy) is 1. The molecule has 0 bridgehead atoms. The zero-order valence-electron chi connectivity index (χ0n) is 12.1. The Labute approximate surface area is 120 Å². The molecule has 0 atom stereocenters. The average molecular weight is 276 g/mol. The highest BCUT2D eigenvalue weighted by atomic mass is 16.5. The second-order valence-corrected chi connectivity index (χ2v) is 5.61. The van der Waals surface area contributed by atoms with Crippen molar-refractivity contribution in [1.82, 2.24) is 0 Å². The molecule has 1 amide bonds. The monoisotopic (exact) mass is 276 g/mol. The molecule has 0 aliphatic heterocycles. The van der Waals surface area contributed by atoms with Crippen LogP contribution in [0.2, 0.25) is 0 Å². The topological polar surface area (TPSA) is 64.3 Å². The lowest BCUT2D eigenvalue weighted by Crippen LogP contribution is -2.26. The van der Waals surface area contributed by atoms with Gasteiger partial charge in [0.25, 0.3) is 0 Å². The maximum Gasteiger partial charge on any atom is 0.227 e. The third kappa shape index (κ3) is 4.23.